The zero-order valence-corrected chi connectivity index (χ0v) is 16.5. The number of rotatable bonds is 0. The van der Waals surface area contributed by atoms with Crippen LogP contribution in [0.15, 0.2) is 36.4 Å². The van der Waals surface area contributed by atoms with Gasteiger partial charge in [-0.25, -0.2) is 0 Å². The highest BCUT2D eigenvalue weighted by atomic mass is 14.0. The molecule has 0 heterocycles. The van der Waals surface area contributed by atoms with Gasteiger partial charge in [-0.1, -0.05) is 71.5 Å². The predicted octanol–water partition coefficient (Wildman–Crippen LogP) is 7.91. The largest absolute Gasteiger partial charge is 0.0776 e. The minimum absolute atomic E-state index is 0. The number of aryl methyl sites for hydroxylation is 4. The van der Waals surface area contributed by atoms with Gasteiger partial charge in [-0.05, 0) is 74.9 Å². The SMILES string of the molecule is C.CC.CC.Cc1cccc(C)c1C.Cc1cccc(C)c1C. The van der Waals surface area contributed by atoms with Crippen molar-refractivity contribution in [3.8, 4) is 0 Å². The summed E-state index contributed by atoms with van der Waals surface area (Å²) < 4.78 is 0. The Balaban J connectivity index is -0.000000276. The van der Waals surface area contributed by atoms with Crippen LogP contribution < -0.4 is 0 Å². The van der Waals surface area contributed by atoms with Crippen molar-refractivity contribution in [3.05, 3.63) is 69.8 Å². The van der Waals surface area contributed by atoms with Crippen molar-refractivity contribution in [2.24, 2.45) is 0 Å². The molecule has 0 N–H and O–H groups in total. The normalized spacial score (nSPS) is 8.09. The molecule has 0 amide bonds. The molecule has 0 radical (unpaired) electrons. The van der Waals surface area contributed by atoms with Crippen molar-refractivity contribution < 1.29 is 0 Å². The van der Waals surface area contributed by atoms with E-state index in [0.29, 0.717) is 0 Å². The average molecular weight is 317 g/mol. The van der Waals surface area contributed by atoms with E-state index in [1.54, 1.807) is 0 Å². The molecule has 0 fully saturated rings. The number of hydrogen-bond acceptors (Lipinski definition) is 0. The van der Waals surface area contributed by atoms with E-state index in [1.807, 2.05) is 27.7 Å². The summed E-state index contributed by atoms with van der Waals surface area (Å²) in [6.07, 6.45) is 0. The van der Waals surface area contributed by atoms with Crippen molar-refractivity contribution in [3.63, 3.8) is 0 Å². The molecular formula is C23H40. The minimum atomic E-state index is 0. The van der Waals surface area contributed by atoms with Crippen LogP contribution in [-0.4, -0.2) is 0 Å². The lowest BCUT2D eigenvalue weighted by Gasteiger charge is -2.00. The molecular weight excluding hydrogens is 276 g/mol. The summed E-state index contributed by atoms with van der Waals surface area (Å²) in [4.78, 5) is 0. The van der Waals surface area contributed by atoms with Gasteiger partial charge in [-0.3, -0.25) is 0 Å². The lowest BCUT2D eigenvalue weighted by atomic mass is 10.1. The van der Waals surface area contributed by atoms with Crippen LogP contribution in [0.1, 0.15) is 68.5 Å². The first-order valence-corrected chi connectivity index (χ1v) is 8.49. The van der Waals surface area contributed by atoms with Crippen molar-refractivity contribution in [1.82, 2.24) is 0 Å². The van der Waals surface area contributed by atoms with Gasteiger partial charge in [-0.15, -0.1) is 0 Å². The maximum Gasteiger partial charge on any atom is -0.0392 e. The third kappa shape index (κ3) is 9.94. The Bertz CT molecular complexity index is 432. The van der Waals surface area contributed by atoms with Crippen molar-refractivity contribution in [2.45, 2.75) is 76.7 Å². The molecule has 2 rings (SSSR count). The molecule has 0 aliphatic heterocycles. The van der Waals surface area contributed by atoms with Crippen LogP contribution in [-0.2, 0) is 0 Å². The molecule has 23 heavy (non-hydrogen) atoms. The smallest absolute Gasteiger partial charge is 0.0392 e. The summed E-state index contributed by atoms with van der Waals surface area (Å²) in [5.41, 5.74) is 8.37. The molecule has 0 aliphatic rings. The van der Waals surface area contributed by atoms with E-state index in [4.69, 9.17) is 0 Å². The first-order chi connectivity index (χ1) is 10.4. The van der Waals surface area contributed by atoms with E-state index in [9.17, 15) is 0 Å². The molecule has 0 saturated heterocycles. The lowest BCUT2D eigenvalue weighted by Crippen LogP contribution is -1.82. The molecule has 0 aromatic heterocycles. The minimum Gasteiger partial charge on any atom is -0.0776 e. The predicted molar refractivity (Wildman–Crippen MR) is 111 cm³/mol. The van der Waals surface area contributed by atoms with E-state index >= 15 is 0 Å². The van der Waals surface area contributed by atoms with Gasteiger partial charge in [0.1, 0.15) is 0 Å². The second-order valence-corrected chi connectivity index (χ2v) is 5.03. The van der Waals surface area contributed by atoms with Crippen molar-refractivity contribution >= 4 is 0 Å². The van der Waals surface area contributed by atoms with Crippen LogP contribution >= 0.6 is 0 Å². The second kappa shape index (κ2) is 15.3. The number of hydrogen-bond donors (Lipinski definition) is 0. The Hall–Kier alpha value is -1.56. The highest BCUT2D eigenvalue weighted by Gasteiger charge is 1.92. The molecule has 2 aromatic rings. The number of benzene rings is 2. The van der Waals surface area contributed by atoms with Gasteiger partial charge in [0.15, 0.2) is 0 Å². The summed E-state index contributed by atoms with van der Waals surface area (Å²) in [5, 5.41) is 0. The van der Waals surface area contributed by atoms with E-state index in [1.165, 1.54) is 33.4 Å². The Morgan fingerprint density at radius 3 is 0.739 bits per heavy atom. The fourth-order valence-corrected chi connectivity index (χ4v) is 1.80. The second-order valence-electron chi connectivity index (χ2n) is 5.03. The van der Waals surface area contributed by atoms with Gasteiger partial charge < -0.3 is 0 Å². The Kier molecular flexibility index (Phi) is 17.6. The van der Waals surface area contributed by atoms with Crippen LogP contribution in [0.5, 0.6) is 0 Å². The molecule has 0 saturated carbocycles. The maximum absolute atomic E-state index is 2.16. The van der Waals surface area contributed by atoms with Crippen molar-refractivity contribution in [2.75, 3.05) is 0 Å². The third-order valence-corrected chi connectivity index (χ3v) is 3.75. The molecule has 0 heteroatoms. The standard InChI is InChI=1S/2C9H12.2C2H6.CH4/c2*1-7-5-4-6-8(2)9(7)3;2*1-2;/h2*4-6H,1-3H3;2*1-2H3;1H4. The topological polar surface area (TPSA) is 0 Å². The highest BCUT2D eigenvalue weighted by molar-refractivity contribution is 5.32. The fourth-order valence-electron chi connectivity index (χ4n) is 1.80. The zero-order valence-electron chi connectivity index (χ0n) is 16.5. The molecule has 132 valence electrons. The third-order valence-electron chi connectivity index (χ3n) is 3.75. The van der Waals surface area contributed by atoms with Crippen LogP contribution in [0.25, 0.3) is 0 Å². The van der Waals surface area contributed by atoms with Crippen LogP contribution in [0.4, 0.5) is 0 Å². The summed E-state index contributed by atoms with van der Waals surface area (Å²) in [5.74, 6) is 0. The Morgan fingerprint density at radius 2 is 0.609 bits per heavy atom. The summed E-state index contributed by atoms with van der Waals surface area (Å²) in [6.45, 7) is 20.9. The molecule has 0 bridgehead atoms. The summed E-state index contributed by atoms with van der Waals surface area (Å²) in [6, 6.07) is 12.8. The Labute approximate surface area is 147 Å². The molecule has 0 atom stereocenters. The molecule has 0 aliphatic carbocycles. The maximum atomic E-state index is 2.16. The summed E-state index contributed by atoms with van der Waals surface area (Å²) in [7, 11) is 0. The lowest BCUT2D eigenvalue weighted by molar-refractivity contribution is 1.27. The van der Waals surface area contributed by atoms with Gasteiger partial charge in [-0.2, -0.15) is 0 Å². The van der Waals surface area contributed by atoms with Crippen LogP contribution in [0.3, 0.4) is 0 Å². The van der Waals surface area contributed by atoms with E-state index in [-0.39, 0.29) is 7.43 Å². The van der Waals surface area contributed by atoms with Gasteiger partial charge >= 0.3 is 0 Å². The van der Waals surface area contributed by atoms with Gasteiger partial charge in [0.25, 0.3) is 0 Å². The summed E-state index contributed by atoms with van der Waals surface area (Å²) >= 11 is 0. The van der Waals surface area contributed by atoms with E-state index in [2.05, 4.69) is 77.9 Å². The van der Waals surface area contributed by atoms with Crippen LogP contribution in [0.2, 0.25) is 0 Å². The fraction of sp³-hybridized carbons (Fsp3) is 0.478. The van der Waals surface area contributed by atoms with Crippen molar-refractivity contribution in [1.29, 1.82) is 0 Å². The first-order valence-electron chi connectivity index (χ1n) is 8.49. The monoisotopic (exact) mass is 316 g/mol. The Morgan fingerprint density at radius 1 is 0.435 bits per heavy atom. The molecule has 0 unspecified atom stereocenters. The van der Waals surface area contributed by atoms with E-state index in [0.717, 1.165) is 0 Å². The molecule has 2 aromatic carbocycles. The quantitative estimate of drug-likeness (QED) is 0.463. The molecule has 0 nitrogen and oxygen atoms in total. The first kappa shape index (κ1) is 26.3. The van der Waals surface area contributed by atoms with Gasteiger partial charge in [0, 0.05) is 0 Å². The average Bonchev–Trinajstić information content (AvgIpc) is 2.55. The van der Waals surface area contributed by atoms with E-state index < -0.39 is 0 Å². The van der Waals surface area contributed by atoms with Gasteiger partial charge in [0.05, 0.1) is 0 Å². The highest BCUT2D eigenvalue weighted by Crippen LogP contribution is 2.10. The van der Waals surface area contributed by atoms with Gasteiger partial charge in [0.2, 0.25) is 0 Å². The zero-order chi connectivity index (χ0) is 17.7. The van der Waals surface area contributed by atoms with Crippen LogP contribution in [0, 0.1) is 41.5 Å². The molecule has 0 spiro atoms.